The van der Waals surface area contributed by atoms with E-state index in [1.165, 1.54) is 23.3 Å². The molecule has 0 aromatic carbocycles. The second-order valence-electron chi connectivity index (χ2n) is 7.96. The number of aliphatic hydroxyl groups is 1. The Balaban J connectivity index is 1.30. The van der Waals surface area contributed by atoms with Crippen molar-refractivity contribution in [3.05, 3.63) is 18.0 Å². The summed E-state index contributed by atoms with van der Waals surface area (Å²) in [5.74, 6) is 0.638. The van der Waals surface area contributed by atoms with E-state index in [2.05, 4.69) is 16.0 Å². The molecule has 2 atom stereocenters. The molecular weight excluding hydrogens is 379 g/mol. The Labute approximate surface area is 160 Å². The fourth-order valence-electron chi connectivity index (χ4n) is 4.02. The lowest BCUT2D eigenvalue weighted by Gasteiger charge is -2.38. The molecule has 156 valence electrons. The number of piperidine rings is 1. The predicted molar refractivity (Wildman–Crippen MR) is 90.8 cm³/mol. The first kappa shape index (κ1) is 19.5. The third-order valence-corrected chi connectivity index (χ3v) is 5.94. The van der Waals surface area contributed by atoms with E-state index in [-0.39, 0.29) is 24.7 Å². The number of carbonyl (C=O) groups excluding carboxylic acids is 1. The molecule has 1 saturated carbocycles. The summed E-state index contributed by atoms with van der Waals surface area (Å²) in [5.41, 5.74) is 0.884. The Morgan fingerprint density at radius 3 is 2.71 bits per heavy atom. The van der Waals surface area contributed by atoms with Crippen molar-refractivity contribution < 1.29 is 32.5 Å². The van der Waals surface area contributed by atoms with Gasteiger partial charge < -0.3 is 19.5 Å². The Morgan fingerprint density at radius 1 is 1.39 bits per heavy atom. The lowest BCUT2D eigenvalue weighted by molar-refractivity contribution is -0.215. The van der Waals surface area contributed by atoms with Gasteiger partial charge in [0, 0.05) is 25.7 Å². The minimum absolute atomic E-state index is 0.134. The highest BCUT2D eigenvalue weighted by Gasteiger charge is 2.46. The van der Waals surface area contributed by atoms with Gasteiger partial charge >= 0.3 is 12.3 Å². The molecule has 7 nitrogen and oxygen atoms in total. The number of hydrogen-bond donors (Lipinski definition) is 1. The molecule has 3 aliphatic rings. The van der Waals surface area contributed by atoms with Gasteiger partial charge in [0.2, 0.25) is 6.10 Å². The van der Waals surface area contributed by atoms with E-state index in [0.29, 0.717) is 25.4 Å². The van der Waals surface area contributed by atoms with Crippen LogP contribution in [0.25, 0.3) is 0 Å². The van der Waals surface area contributed by atoms with Gasteiger partial charge in [0.25, 0.3) is 0 Å². The van der Waals surface area contributed by atoms with E-state index in [4.69, 9.17) is 9.84 Å². The van der Waals surface area contributed by atoms with Crippen LogP contribution in [0.4, 0.5) is 18.0 Å². The Bertz CT molecular complexity index is 711. The molecule has 1 unspecified atom stereocenters. The molecule has 3 heterocycles. The van der Waals surface area contributed by atoms with Crippen molar-refractivity contribution in [1.82, 2.24) is 14.7 Å². The monoisotopic (exact) mass is 403 g/mol. The fourth-order valence-corrected chi connectivity index (χ4v) is 4.02. The normalized spacial score (nSPS) is 25.9. The number of amides is 1. The first-order valence-electron chi connectivity index (χ1n) is 9.61. The fraction of sp³-hybridized carbons (Fsp3) is 0.778. The van der Waals surface area contributed by atoms with Gasteiger partial charge in [-0.05, 0) is 37.2 Å². The SMILES string of the molecule is O=C(O[C@H](CO)C(F)(F)F)N1CCC2(CC1)CC(n1cc(C3CC3)cn1)CO2. The van der Waals surface area contributed by atoms with Gasteiger partial charge in [-0.3, -0.25) is 4.68 Å². The maximum atomic E-state index is 12.7. The van der Waals surface area contributed by atoms with Gasteiger partial charge in [-0.25, -0.2) is 4.79 Å². The zero-order valence-corrected chi connectivity index (χ0v) is 15.4. The van der Waals surface area contributed by atoms with Crippen molar-refractivity contribution in [3.8, 4) is 0 Å². The molecule has 1 spiro atoms. The second-order valence-corrected chi connectivity index (χ2v) is 7.96. The summed E-state index contributed by atoms with van der Waals surface area (Å²) in [7, 11) is 0. The van der Waals surface area contributed by atoms with Gasteiger partial charge in [-0.1, -0.05) is 0 Å². The number of nitrogens with zero attached hydrogens (tertiary/aromatic N) is 3. The molecule has 10 heteroatoms. The summed E-state index contributed by atoms with van der Waals surface area (Å²) in [6, 6.07) is 0.134. The van der Waals surface area contributed by atoms with Gasteiger partial charge in [0.05, 0.1) is 31.1 Å². The molecule has 2 aliphatic heterocycles. The largest absolute Gasteiger partial charge is 0.434 e. The maximum Gasteiger partial charge on any atom is 0.427 e. The zero-order valence-electron chi connectivity index (χ0n) is 15.4. The van der Waals surface area contributed by atoms with Crippen LogP contribution in [-0.4, -0.2) is 70.1 Å². The second kappa shape index (κ2) is 7.22. The zero-order chi connectivity index (χ0) is 19.9. The van der Waals surface area contributed by atoms with Crippen molar-refractivity contribution in [1.29, 1.82) is 0 Å². The summed E-state index contributed by atoms with van der Waals surface area (Å²) in [4.78, 5) is 13.3. The predicted octanol–water partition coefficient (Wildman–Crippen LogP) is 2.62. The summed E-state index contributed by atoms with van der Waals surface area (Å²) < 4.78 is 50.4. The van der Waals surface area contributed by atoms with Crippen molar-refractivity contribution in [3.63, 3.8) is 0 Å². The van der Waals surface area contributed by atoms with Crippen LogP contribution in [0.3, 0.4) is 0 Å². The third kappa shape index (κ3) is 3.98. The minimum atomic E-state index is -4.79. The van der Waals surface area contributed by atoms with Crippen molar-refractivity contribution in [2.24, 2.45) is 0 Å². The van der Waals surface area contributed by atoms with Crippen LogP contribution in [0, 0.1) is 0 Å². The number of alkyl halides is 3. The molecule has 1 N–H and O–H groups in total. The molecule has 0 radical (unpaired) electrons. The number of rotatable bonds is 4. The van der Waals surface area contributed by atoms with Crippen LogP contribution in [0.2, 0.25) is 0 Å². The van der Waals surface area contributed by atoms with Crippen LogP contribution in [0.5, 0.6) is 0 Å². The van der Waals surface area contributed by atoms with Gasteiger partial charge in [-0.15, -0.1) is 0 Å². The van der Waals surface area contributed by atoms with Crippen LogP contribution in [-0.2, 0) is 9.47 Å². The standard InChI is InChI=1S/C18H24F3N3O4/c19-18(20,21)15(10-25)28-16(26)23-5-3-17(4-6-23)7-14(11-27-17)24-9-13(8-22-24)12-1-2-12/h8-9,12,14-15,25H,1-7,10-11H2/t14?,15-/m1/s1. The van der Waals surface area contributed by atoms with Crippen LogP contribution in [0.15, 0.2) is 12.4 Å². The summed E-state index contributed by atoms with van der Waals surface area (Å²) in [6.45, 7) is -0.233. The van der Waals surface area contributed by atoms with E-state index in [9.17, 15) is 18.0 Å². The number of ether oxygens (including phenoxy) is 2. The number of likely N-dealkylation sites (tertiary alicyclic amines) is 1. The van der Waals surface area contributed by atoms with Crippen molar-refractivity contribution >= 4 is 6.09 Å². The lowest BCUT2D eigenvalue weighted by atomic mass is 9.87. The summed E-state index contributed by atoms with van der Waals surface area (Å²) >= 11 is 0. The molecule has 1 aromatic heterocycles. The Morgan fingerprint density at radius 2 is 2.11 bits per heavy atom. The summed E-state index contributed by atoms with van der Waals surface area (Å²) in [5, 5.41) is 13.3. The molecular formula is C18H24F3N3O4. The first-order valence-corrected chi connectivity index (χ1v) is 9.61. The first-order chi connectivity index (χ1) is 13.3. The van der Waals surface area contributed by atoms with E-state index < -0.39 is 25.0 Å². The van der Waals surface area contributed by atoms with Crippen LogP contribution >= 0.6 is 0 Å². The molecule has 4 rings (SSSR count). The number of carbonyl (C=O) groups is 1. The number of aliphatic hydroxyl groups excluding tert-OH is 1. The van der Waals surface area contributed by atoms with E-state index in [1.807, 2.05) is 10.9 Å². The smallest absolute Gasteiger partial charge is 0.427 e. The molecule has 28 heavy (non-hydrogen) atoms. The highest BCUT2D eigenvalue weighted by atomic mass is 19.4. The Kier molecular flexibility index (Phi) is 5.03. The van der Waals surface area contributed by atoms with Gasteiger partial charge in [0.15, 0.2) is 0 Å². The number of halogens is 3. The van der Waals surface area contributed by atoms with Gasteiger partial charge in [-0.2, -0.15) is 18.3 Å². The van der Waals surface area contributed by atoms with E-state index in [1.54, 1.807) is 0 Å². The van der Waals surface area contributed by atoms with E-state index in [0.717, 1.165) is 6.42 Å². The molecule has 1 amide bonds. The maximum absolute atomic E-state index is 12.7. The Hall–Kier alpha value is -1.81. The van der Waals surface area contributed by atoms with Crippen molar-refractivity contribution in [2.75, 3.05) is 26.3 Å². The number of aromatic nitrogens is 2. The van der Waals surface area contributed by atoms with Crippen molar-refractivity contribution in [2.45, 2.75) is 61.9 Å². The average molecular weight is 403 g/mol. The average Bonchev–Trinajstić information content (AvgIpc) is 3.25. The topological polar surface area (TPSA) is 76.8 Å². The molecule has 3 fully saturated rings. The van der Waals surface area contributed by atoms with E-state index >= 15 is 0 Å². The molecule has 1 aliphatic carbocycles. The molecule has 0 bridgehead atoms. The van der Waals surface area contributed by atoms with Gasteiger partial charge in [0.1, 0.15) is 0 Å². The molecule has 2 saturated heterocycles. The highest BCUT2D eigenvalue weighted by molar-refractivity contribution is 5.68. The number of hydrogen-bond acceptors (Lipinski definition) is 5. The van der Waals surface area contributed by atoms with Crippen LogP contribution < -0.4 is 0 Å². The molecule has 1 aromatic rings. The minimum Gasteiger partial charge on any atom is -0.434 e. The lowest BCUT2D eigenvalue weighted by Crippen LogP contribution is -2.49. The highest BCUT2D eigenvalue weighted by Crippen LogP contribution is 2.43. The third-order valence-electron chi connectivity index (χ3n) is 5.94. The van der Waals surface area contributed by atoms with Crippen LogP contribution in [0.1, 0.15) is 49.6 Å². The summed E-state index contributed by atoms with van der Waals surface area (Å²) in [6.07, 6.45) is -0.0670. The quantitative estimate of drug-likeness (QED) is 0.836.